The number of aromatic hydroxyl groups is 1. The minimum Gasteiger partial charge on any atom is -0.494 e. The fraction of sp³-hybridized carbons (Fsp3) is 0.316. The lowest BCUT2D eigenvalue weighted by atomic mass is 10.1. The molecule has 0 aliphatic carbocycles. The van der Waals surface area contributed by atoms with Crippen LogP contribution in [0.25, 0.3) is 0 Å². The van der Waals surface area contributed by atoms with Crippen LogP contribution in [0.2, 0.25) is 0 Å². The molecule has 0 aliphatic rings. The summed E-state index contributed by atoms with van der Waals surface area (Å²) in [7, 11) is 3.10. The number of hydrogen-bond acceptors (Lipinski definition) is 6. The highest BCUT2D eigenvalue weighted by Crippen LogP contribution is 2.27. The quantitative estimate of drug-likeness (QED) is 0.608. The predicted molar refractivity (Wildman–Crippen MR) is 98.6 cm³/mol. The van der Waals surface area contributed by atoms with E-state index in [1.807, 2.05) is 18.2 Å². The number of methoxy groups -OCH3 is 2. The van der Waals surface area contributed by atoms with E-state index in [2.05, 4.69) is 4.99 Å². The van der Waals surface area contributed by atoms with Crippen molar-refractivity contribution in [3.8, 4) is 17.7 Å². The normalized spacial score (nSPS) is 10.8. The van der Waals surface area contributed by atoms with Gasteiger partial charge in [-0.05, 0) is 31.0 Å². The second-order valence-corrected chi connectivity index (χ2v) is 5.58. The van der Waals surface area contributed by atoms with Crippen molar-refractivity contribution < 1.29 is 14.6 Å². The number of aromatic nitrogens is 1. The van der Waals surface area contributed by atoms with E-state index in [1.165, 1.54) is 10.8 Å². The molecule has 0 radical (unpaired) electrons. The van der Waals surface area contributed by atoms with Crippen LogP contribution in [0.15, 0.2) is 34.1 Å². The van der Waals surface area contributed by atoms with Gasteiger partial charge < -0.3 is 14.6 Å². The van der Waals surface area contributed by atoms with Crippen LogP contribution in [0.5, 0.6) is 11.6 Å². The molecular formula is C19H21N3O4. The number of benzene rings is 1. The summed E-state index contributed by atoms with van der Waals surface area (Å²) in [4.78, 5) is 16.8. The molecule has 0 unspecified atom stereocenters. The number of pyridine rings is 1. The molecule has 0 saturated carbocycles. The molecule has 0 fully saturated rings. The van der Waals surface area contributed by atoms with E-state index in [-0.39, 0.29) is 18.0 Å². The van der Waals surface area contributed by atoms with Crippen molar-refractivity contribution in [2.24, 2.45) is 4.99 Å². The van der Waals surface area contributed by atoms with Gasteiger partial charge in [0, 0.05) is 26.5 Å². The molecule has 0 aliphatic heterocycles. The number of hydrogen-bond donors (Lipinski definition) is 1. The lowest BCUT2D eigenvalue weighted by molar-refractivity contribution is 0.188. The average molecular weight is 355 g/mol. The Morgan fingerprint density at radius 3 is 2.73 bits per heavy atom. The summed E-state index contributed by atoms with van der Waals surface area (Å²) in [5, 5.41) is 19.9. The number of rotatable bonds is 7. The Bertz CT molecular complexity index is 910. The van der Waals surface area contributed by atoms with Gasteiger partial charge in [0.25, 0.3) is 5.56 Å². The zero-order chi connectivity index (χ0) is 19.1. The first-order valence-electron chi connectivity index (χ1n) is 8.07. The molecule has 0 amide bonds. The van der Waals surface area contributed by atoms with Crippen LogP contribution in [0, 0.1) is 18.3 Å². The van der Waals surface area contributed by atoms with E-state index in [0.29, 0.717) is 35.6 Å². The van der Waals surface area contributed by atoms with Gasteiger partial charge in [0.15, 0.2) is 0 Å². The standard InChI is InChI=1S/C19H21N3O4/c1-13-14(11-20)18(23)22(9-6-10-25-2)19(24)15(13)12-21-16-7-4-5-8-17(16)26-3/h4-5,7-8,12,24H,6,9-10H2,1-3H3. The Labute approximate surface area is 151 Å². The first kappa shape index (κ1) is 19.2. The fourth-order valence-corrected chi connectivity index (χ4v) is 2.57. The molecule has 0 saturated heterocycles. The molecule has 0 atom stereocenters. The smallest absolute Gasteiger partial charge is 0.271 e. The molecule has 1 aromatic carbocycles. The molecule has 136 valence electrons. The van der Waals surface area contributed by atoms with Crippen LogP contribution in [-0.2, 0) is 11.3 Å². The van der Waals surface area contributed by atoms with Gasteiger partial charge >= 0.3 is 0 Å². The second kappa shape index (κ2) is 8.83. The fourth-order valence-electron chi connectivity index (χ4n) is 2.57. The van der Waals surface area contributed by atoms with Crippen LogP contribution in [0.4, 0.5) is 5.69 Å². The maximum atomic E-state index is 12.4. The third-order valence-electron chi connectivity index (χ3n) is 3.99. The molecule has 2 rings (SSSR count). The lowest BCUT2D eigenvalue weighted by Crippen LogP contribution is -2.26. The first-order valence-corrected chi connectivity index (χ1v) is 8.07. The first-order chi connectivity index (χ1) is 12.5. The maximum Gasteiger partial charge on any atom is 0.271 e. The number of nitrogens with zero attached hydrogens (tertiary/aromatic N) is 3. The van der Waals surface area contributed by atoms with E-state index in [9.17, 15) is 15.2 Å². The monoisotopic (exact) mass is 355 g/mol. The molecular weight excluding hydrogens is 334 g/mol. The Kier molecular flexibility index (Phi) is 6.53. The number of para-hydroxylation sites is 2. The van der Waals surface area contributed by atoms with Crippen molar-refractivity contribution in [1.82, 2.24) is 4.57 Å². The Hall–Kier alpha value is -3.11. The van der Waals surface area contributed by atoms with E-state index >= 15 is 0 Å². The molecule has 1 aromatic heterocycles. The van der Waals surface area contributed by atoms with Crippen molar-refractivity contribution in [2.45, 2.75) is 19.9 Å². The van der Waals surface area contributed by atoms with Gasteiger partial charge in [0.2, 0.25) is 5.88 Å². The summed E-state index contributed by atoms with van der Waals surface area (Å²) < 4.78 is 11.4. The predicted octanol–water partition coefficient (Wildman–Crippen LogP) is 2.53. The van der Waals surface area contributed by atoms with Crippen molar-refractivity contribution in [1.29, 1.82) is 5.26 Å². The largest absolute Gasteiger partial charge is 0.494 e. The van der Waals surface area contributed by atoms with Crippen LogP contribution >= 0.6 is 0 Å². The minimum atomic E-state index is -0.520. The number of ether oxygens (including phenoxy) is 2. The molecule has 26 heavy (non-hydrogen) atoms. The summed E-state index contributed by atoms with van der Waals surface area (Å²) in [5.74, 6) is 0.357. The summed E-state index contributed by atoms with van der Waals surface area (Å²) in [5.41, 5.74) is 0.750. The second-order valence-electron chi connectivity index (χ2n) is 5.58. The zero-order valence-corrected chi connectivity index (χ0v) is 15.0. The molecule has 0 spiro atoms. The van der Waals surface area contributed by atoms with Crippen molar-refractivity contribution in [2.75, 3.05) is 20.8 Å². The number of nitriles is 1. The Morgan fingerprint density at radius 1 is 1.35 bits per heavy atom. The minimum absolute atomic E-state index is 0.0123. The van der Waals surface area contributed by atoms with Crippen LogP contribution in [-0.4, -0.2) is 36.7 Å². The molecule has 1 heterocycles. The van der Waals surface area contributed by atoms with E-state index in [4.69, 9.17) is 9.47 Å². The zero-order valence-electron chi connectivity index (χ0n) is 15.0. The highest BCUT2D eigenvalue weighted by molar-refractivity contribution is 5.87. The molecule has 2 aromatic rings. The van der Waals surface area contributed by atoms with E-state index < -0.39 is 5.56 Å². The van der Waals surface area contributed by atoms with E-state index in [0.717, 1.165) is 0 Å². The van der Waals surface area contributed by atoms with Gasteiger partial charge in [0.1, 0.15) is 23.1 Å². The summed E-state index contributed by atoms with van der Waals surface area (Å²) in [6, 6.07) is 9.09. The Morgan fingerprint density at radius 2 is 2.08 bits per heavy atom. The highest BCUT2D eigenvalue weighted by atomic mass is 16.5. The van der Waals surface area contributed by atoms with Gasteiger partial charge in [-0.25, -0.2) is 0 Å². The van der Waals surface area contributed by atoms with Gasteiger partial charge in [-0.2, -0.15) is 5.26 Å². The van der Waals surface area contributed by atoms with Gasteiger partial charge in [0.05, 0.1) is 12.7 Å². The SMILES string of the molecule is COCCCn1c(O)c(C=Nc2ccccc2OC)c(C)c(C#N)c1=O. The van der Waals surface area contributed by atoms with Crippen LogP contribution in [0.3, 0.4) is 0 Å². The number of aliphatic imine (C=N–C) groups is 1. The van der Waals surface area contributed by atoms with E-state index in [1.54, 1.807) is 33.3 Å². The highest BCUT2D eigenvalue weighted by Gasteiger charge is 2.17. The van der Waals surface area contributed by atoms with Crippen molar-refractivity contribution in [3.63, 3.8) is 0 Å². The molecule has 1 N–H and O–H groups in total. The molecule has 7 nitrogen and oxygen atoms in total. The maximum absolute atomic E-state index is 12.4. The topological polar surface area (TPSA) is 96.8 Å². The summed E-state index contributed by atoms with van der Waals surface area (Å²) >= 11 is 0. The third-order valence-corrected chi connectivity index (χ3v) is 3.99. The third kappa shape index (κ3) is 3.92. The molecule has 0 bridgehead atoms. The van der Waals surface area contributed by atoms with Crippen LogP contribution in [0.1, 0.15) is 23.1 Å². The van der Waals surface area contributed by atoms with Crippen molar-refractivity contribution in [3.05, 3.63) is 51.3 Å². The van der Waals surface area contributed by atoms with Crippen LogP contribution < -0.4 is 10.3 Å². The van der Waals surface area contributed by atoms with Gasteiger partial charge in [-0.15, -0.1) is 0 Å². The van der Waals surface area contributed by atoms with Gasteiger partial charge in [-0.1, -0.05) is 12.1 Å². The van der Waals surface area contributed by atoms with Gasteiger partial charge in [-0.3, -0.25) is 14.4 Å². The lowest BCUT2D eigenvalue weighted by Gasteiger charge is -2.14. The Balaban J connectivity index is 2.54. The summed E-state index contributed by atoms with van der Waals surface area (Å²) in [6.07, 6.45) is 1.97. The van der Waals surface area contributed by atoms with Crippen molar-refractivity contribution >= 4 is 11.9 Å². The summed E-state index contributed by atoms with van der Waals surface area (Å²) in [6.45, 7) is 2.29. The molecule has 7 heteroatoms. The average Bonchev–Trinajstić information content (AvgIpc) is 2.65.